The molecule has 160 valence electrons. The fourth-order valence-corrected chi connectivity index (χ4v) is 4.47. The van der Waals surface area contributed by atoms with Gasteiger partial charge in [-0.2, -0.15) is 0 Å². The first-order valence-electron chi connectivity index (χ1n) is 9.48. The van der Waals surface area contributed by atoms with Gasteiger partial charge in [0.25, 0.3) is 5.91 Å². The lowest BCUT2D eigenvalue weighted by molar-refractivity contribution is 0.0977. The molecule has 30 heavy (non-hydrogen) atoms. The van der Waals surface area contributed by atoms with Crippen molar-refractivity contribution in [3.63, 3.8) is 0 Å². The summed E-state index contributed by atoms with van der Waals surface area (Å²) in [6.45, 7) is 4.26. The summed E-state index contributed by atoms with van der Waals surface area (Å²) in [6.07, 6.45) is 2.32. The van der Waals surface area contributed by atoms with Crippen LogP contribution in [0, 0.1) is 5.92 Å². The van der Waals surface area contributed by atoms with Crippen molar-refractivity contribution in [3.05, 3.63) is 51.0 Å². The largest absolute Gasteiger partial charge is 0.494 e. The van der Waals surface area contributed by atoms with Gasteiger partial charge in [0, 0.05) is 24.3 Å². The van der Waals surface area contributed by atoms with Gasteiger partial charge in [-0.05, 0) is 61.3 Å². The highest BCUT2D eigenvalue weighted by molar-refractivity contribution is 7.80. The Hall–Kier alpha value is -1.73. The van der Waals surface area contributed by atoms with Crippen LogP contribution in [-0.2, 0) is 0 Å². The minimum atomic E-state index is -0.441. The molecule has 1 aliphatic rings. The van der Waals surface area contributed by atoms with Gasteiger partial charge >= 0.3 is 0 Å². The highest BCUT2D eigenvalue weighted by Gasteiger charge is 2.19. The van der Waals surface area contributed by atoms with Gasteiger partial charge in [-0.25, -0.2) is 0 Å². The van der Waals surface area contributed by atoms with Gasteiger partial charge in [-0.15, -0.1) is 0 Å². The van der Waals surface area contributed by atoms with Crippen molar-refractivity contribution in [3.8, 4) is 5.75 Å². The Labute approximate surface area is 196 Å². The zero-order valence-electron chi connectivity index (χ0n) is 16.6. The van der Waals surface area contributed by atoms with Crippen molar-refractivity contribution in [1.82, 2.24) is 5.32 Å². The minimum absolute atomic E-state index is 0.138. The third-order valence-electron chi connectivity index (χ3n) is 5.02. The normalized spacial score (nSPS) is 14.4. The monoisotopic (exact) mass is 485 g/mol. The number of halogens is 3. The molecular formula is C21H22Cl3N3O2S. The lowest BCUT2D eigenvalue weighted by Crippen LogP contribution is -2.34. The second-order valence-electron chi connectivity index (χ2n) is 7.22. The molecule has 0 unspecified atom stereocenters. The Bertz CT molecular complexity index is 940. The van der Waals surface area contributed by atoms with Crippen LogP contribution in [0.5, 0.6) is 5.75 Å². The van der Waals surface area contributed by atoms with E-state index in [9.17, 15) is 4.79 Å². The molecule has 1 amide bonds. The Morgan fingerprint density at radius 3 is 2.30 bits per heavy atom. The highest BCUT2D eigenvalue weighted by Crippen LogP contribution is 2.34. The molecule has 1 aliphatic heterocycles. The van der Waals surface area contributed by atoms with Crippen LogP contribution in [0.2, 0.25) is 15.1 Å². The summed E-state index contributed by atoms with van der Waals surface area (Å²) in [5.41, 5.74) is 1.96. The van der Waals surface area contributed by atoms with Crippen molar-refractivity contribution >= 4 is 69.4 Å². The number of ether oxygens (including phenoxy) is 1. The molecule has 0 aliphatic carbocycles. The van der Waals surface area contributed by atoms with Crippen LogP contribution in [0.25, 0.3) is 0 Å². The smallest absolute Gasteiger partial charge is 0.257 e. The van der Waals surface area contributed by atoms with Crippen molar-refractivity contribution < 1.29 is 9.53 Å². The quantitative estimate of drug-likeness (QED) is 0.518. The lowest BCUT2D eigenvalue weighted by Gasteiger charge is -2.32. The molecular weight excluding hydrogens is 465 g/mol. The Kier molecular flexibility index (Phi) is 7.69. The lowest BCUT2D eigenvalue weighted by atomic mass is 9.99. The maximum Gasteiger partial charge on any atom is 0.257 e. The average molecular weight is 487 g/mol. The van der Waals surface area contributed by atoms with Crippen molar-refractivity contribution in [2.24, 2.45) is 5.92 Å². The van der Waals surface area contributed by atoms with Crippen LogP contribution in [0.1, 0.15) is 30.1 Å². The zero-order valence-corrected chi connectivity index (χ0v) is 19.7. The van der Waals surface area contributed by atoms with E-state index in [0.29, 0.717) is 16.5 Å². The first-order chi connectivity index (χ1) is 14.3. The van der Waals surface area contributed by atoms with Crippen LogP contribution in [-0.4, -0.2) is 31.2 Å². The van der Waals surface area contributed by atoms with E-state index in [-0.39, 0.29) is 20.7 Å². The van der Waals surface area contributed by atoms with E-state index < -0.39 is 5.91 Å². The molecule has 2 N–H and O–H groups in total. The minimum Gasteiger partial charge on any atom is -0.494 e. The van der Waals surface area contributed by atoms with Gasteiger partial charge in [-0.3, -0.25) is 10.1 Å². The molecule has 0 aromatic heterocycles. The fraction of sp³-hybridized carbons (Fsp3) is 0.333. The van der Waals surface area contributed by atoms with E-state index in [0.717, 1.165) is 37.5 Å². The van der Waals surface area contributed by atoms with Gasteiger partial charge in [0.05, 0.1) is 27.9 Å². The summed E-state index contributed by atoms with van der Waals surface area (Å²) in [4.78, 5) is 14.8. The molecule has 0 bridgehead atoms. The van der Waals surface area contributed by atoms with Gasteiger partial charge in [-0.1, -0.05) is 41.7 Å². The number of hydrogen-bond donors (Lipinski definition) is 2. The molecule has 1 heterocycles. The average Bonchev–Trinajstić information content (AvgIpc) is 2.68. The first kappa shape index (κ1) is 22.9. The summed E-state index contributed by atoms with van der Waals surface area (Å²) in [7, 11) is 1.45. The predicted molar refractivity (Wildman–Crippen MR) is 129 cm³/mol. The third-order valence-corrected chi connectivity index (χ3v) is 6.09. The fourth-order valence-electron chi connectivity index (χ4n) is 3.31. The summed E-state index contributed by atoms with van der Waals surface area (Å²) < 4.78 is 5.09. The second-order valence-corrected chi connectivity index (χ2v) is 8.85. The number of benzene rings is 2. The highest BCUT2D eigenvalue weighted by atomic mass is 35.5. The van der Waals surface area contributed by atoms with E-state index in [1.165, 1.54) is 19.2 Å². The molecule has 0 spiro atoms. The van der Waals surface area contributed by atoms with E-state index in [1.54, 1.807) is 6.07 Å². The number of amides is 1. The standard InChI is InChI=1S/C21H22Cl3N3O2S/c1-12-5-7-27(8-6-12)18-4-3-14(11-15(18)22)25-21(30)26-20(28)13-9-16(23)19(29-2)17(24)10-13/h3-4,9-12H,5-8H2,1-2H3,(H2,25,26,28,30). The number of piperidine rings is 1. The number of anilines is 2. The van der Waals surface area contributed by atoms with Crippen LogP contribution >= 0.6 is 47.0 Å². The molecule has 2 aromatic carbocycles. The number of nitrogens with zero attached hydrogens (tertiary/aromatic N) is 1. The number of methoxy groups -OCH3 is 1. The topological polar surface area (TPSA) is 53.6 Å². The summed E-state index contributed by atoms with van der Waals surface area (Å²) >= 11 is 23.9. The number of rotatable bonds is 4. The molecule has 9 heteroatoms. The van der Waals surface area contributed by atoms with E-state index in [1.807, 2.05) is 12.1 Å². The molecule has 1 fully saturated rings. The SMILES string of the molecule is COc1c(Cl)cc(C(=O)NC(=S)Nc2ccc(N3CCC(C)CC3)c(Cl)c2)cc1Cl. The van der Waals surface area contributed by atoms with Crippen molar-refractivity contribution in [1.29, 1.82) is 0 Å². The molecule has 3 rings (SSSR count). The van der Waals surface area contributed by atoms with Crippen molar-refractivity contribution in [2.75, 3.05) is 30.4 Å². The molecule has 0 saturated carbocycles. The maximum absolute atomic E-state index is 12.5. The Balaban J connectivity index is 1.63. The molecule has 0 atom stereocenters. The Morgan fingerprint density at radius 2 is 1.73 bits per heavy atom. The maximum atomic E-state index is 12.5. The number of nitrogens with one attached hydrogen (secondary N) is 2. The van der Waals surface area contributed by atoms with Crippen LogP contribution in [0.15, 0.2) is 30.3 Å². The number of carbonyl (C=O) groups excluding carboxylic acids is 1. The molecule has 2 aromatic rings. The van der Waals surface area contributed by atoms with E-state index in [2.05, 4.69) is 22.5 Å². The number of thiocarbonyl (C=S) groups is 1. The van der Waals surface area contributed by atoms with Crippen LogP contribution in [0.4, 0.5) is 11.4 Å². The molecule has 1 saturated heterocycles. The van der Waals surface area contributed by atoms with Crippen molar-refractivity contribution in [2.45, 2.75) is 19.8 Å². The molecule has 5 nitrogen and oxygen atoms in total. The summed E-state index contributed by atoms with van der Waals surface area (Å²) in [5.74, 6) is 0.620. The predicted octanol–water partition coefficient (Wildman–Crippen LogP) is 6.02. The summed E-state index contributed by atoms with van der Waals surface area (Å²) in [6, 6.07) is 8.59. The first-order valence-corrected chi connectivity index (χ1v) is 11.0. The number of carbonyl (C=O) groups is 1. The Morgan fingerprint density at radius 1 is 1.10 bits per heavy atom. The van der Waals surface area contributed by atoms with Gasteiger partial charge in [0.1, 0.15) is 0 Å². The zero-order chi connectivity index (χ0) is 21.8. The van der Waals surface area contributed by atoms with Gasteiger partial charge < -0.3 is 15.0 Å². The van der Waals surface area contributed by atoms with Crippen LogP contribution < -0.4 is 20.3 Å². The van der Waals surface area contributed by atoms with E-state index >= 15 is 0 Å². The van der Waals surface area contributed by atoms with E-state index in [4.69, 9.17) is 51.8 Å². The second kappa shape index (κ2) is 10.1. The summed E-state index contributed by atoms with van der Waals surface area (Å²) in [5, 5.41) is 6.84. The van der Waals surface area contributed by atoms with Gasteiger partial charge in [0.15, 0.2) is 10.9 Å². The van der Waals surface area contributed by atoms with Crippen LogP contribution in [0.3, 0.4) is 0 Å². The number of hydrogen-bond acceptors (Lipinski definition) is 4. The van der Waals surface area contributed by atoms with Gasteiger partial charge in [0.2, 0.25) is 0 Å². The molecule has 0 radical (unpaired) electrons. The third kappa shape index (κ3) is 5.49.